The molecule has 1 aromatic rings. The lowest BCUT2D eigenvalue weighted by molar-refractivity contribution is -0.148. The Balaban J connectivity index is 1.33. The van der Waals surface area contributed by atoms with Crippen LogP contribution in [0.5, 0.6) is 0 Å². The Hall–Kier alpha value is -1.99. The maximum atomic E-state index is 12.6. The Bertz CT molecular complexity index is 604. The fourth-order valence-corrected chi connectivity index (χ4v) is 4.65. The molecule has 0 N–H and O–H groups in total. The second kappa shape index (κ2) is 6.49. The molecule has 1 unspecified atom stereocenters. The van der Waals surface area contributed by atoms with Gasteiger partial charge in [0.2, 0.25) is 11.8 Å². The van der Waals surface area contributed by atoms with Crippen LogP contribution in [-0.4, -0.2) is 67.5 Å². The molecular formula is C16H24N6O2. The molecule has 0 saturated carbocycles. The largest absolute Gasteiger partial charge is 0.342 e. The third kappa shape index (κ3) is 3.01. The van der Waals surface area contributed by atoms with E-state index in [1.54, 1.807) is 11.0 Å². The van der Waals surface area contributed by atoms with Crippen LogP contribution in [-0.2, 0) is 16.1 Å². The number of amides is 2. The second-order valence-electron chi connectivity index (χ2n) is 7.34. The Morgan fingerprint density at radius 3 is 3.04 bits per heavy atom. The van der Waals surface area contributed by atoms with Crippen molar-refractivity contribution in [2.24, 2.45) is 11.8 Å². The summed E-state index contributed by atoms with van der Waals surface area (Å²) in [6.07, 6.45) is 6.84. The summed E-state index contributed by atoms with van der Waals surface area (Å²) in [6.45, 7) is 3.13. The second-order valence-corrected chi connectivity index (χ2v) is 7.34. The van der Waals surface area contributed by atoms with Gasteiger partial charge in [0.15, 0.2) is 0 Å². The number of aromatic nitrogens is 4. The van der Waals surface area contributed by atoms with E-state index in [1.807, 2.05) is 4.90 Å². The quantitative estimate of drug-likeness (QED) is 0.792. The number of aryl methyl sites for hydroxylation is 1. The van der Waals surface area contributed by atoms with Crippen LogP contribution in [0.15, 0.2) is 6.33 Å². The summed E-state index contributed by atoms with van der Waals surface area (Å²) in [4.78, 5) is 28.9. The fourth-order valence-electron chi connectivity index (χ4n) is 4.65. The third-order valence-corrected chi connectivity index (χ3v) is 5.70. The smallest absolute Gasteiger partial charge is 0.222 e. The molecule has 3 aliphatic rings. The molecule has 24 heavy (non-hydrogen) atoms. The molecular weight excluding hydrogens is 308 g/mol. The minimum Gasteiger partial charge on any atom is -0.342 e. The number of likely N-dealkylation sites (tertiary alicyclic amines) is 1. The first kappa shape index (κ1) is 15.5. The zero-order chi connectivity index (χ0) is 16.5. The summed E-state index contributed by atoms with van der Waals surface area (Å²) < 4.78 is 1.66. The van der Waals surface area contributed by atoms with Crippen LogP contribution in [0.25, 0.3) is 0 Å². The van der Waals surface area contributed by atoms with Crippen molar-refractivity contribution in [1.29, 1.82) is 0 Å². The van der Waals surface area contributed by atoms with E-state index in [0.717, 1.165) is 38.9 Å². The van der Waals surface area contributed by atoms with Gasteiger partial charge in [-0.05, 0) is 47.9 Å². The summed E-state index contributed by atoms with van der Waals surface area (Å²) in [6, 6.07) is 0.360. The summed E-state index contributed by atoms with van der Waals surface area (Å²) in [5.74, 6) is 1.46. The number of rotatable bonds is 4. The number of hydrogen-bond acceptors (Lipinski definition) is 5. The molecule has 3 fully saturated rings. The van der Waals surface area contributed by atoms with Gasteiger partial charge in [0.25, 0.3) is 0 Å². The lowest BCUT2D eigenvalue weighted by Gasteiger charge is -2.52. The highest BCUT2D eigenvalue weighted by atomic mass is 16.2. The molecule has 1 aromatic heterocycles. The number of hydrogen-bond donors (Lipinski definition) is 0. The minimum absolute atomic E-state index is 0.230. The molecule has 0 aromatic carbocycles. The molecule has 2 bridgehead atoms. The summed E-state index contributed by atoms with van der Waals surface area (Å²) in [5, 5.41) is 11.0. The summed E-state index contributed by atoms with van der Waals surface area (Å²) in [5.41, 5.74) is 0. The fraction of sp³-hybridized carbons (Fsp3) is 0.812. The molecule has 0 radical (unpaired) electrons. The van der Waals surface area contributed by atoms with Crippen LogP contribution in [0.3, 0.4) is 0 Å². The van der Waals surface area contributed by atoms with E-state index in [-0.39, 0.29) is 5.91 Å². The van der Waals surface area contributed by atoms with E-state index in [0.29, 0.717) is 43.2 Å². The minimum atomic E-state index is 0.230. The number of fused-ring (bicyclic) bond motifs is 4. The molecule has 8 heteroatoms. The lowest BCUT2D eigenvalue weighted by atomic mass is 9.76. The van der Waals surface area contributed by atoms with E-state index in [4.69, 9.17) is 0 Å². The van der Waals surface area contributed by atoms with Gasteiger partial charge in [0.1, 0.15) is 6.33 Å². The highest BCUT2D eigenvalue weighted by Crippen LogP contribution is 2.38. The Morgan fingerprint density at radius 2 is 2.21 bits per heavy atom. The van der Waals surface area contributed by atoms with Crippen LogP contribution in [0.4, 0.5) is 0 Å². The molecule has 3 atom stereocenters. The van der Waals surface area contributed by atoms with E-state index in [2.05, 4.69) is 20.4 Å². The van der Waals surface area contributed by atoms with Crippen molar-refractivity contribution >= 4 is 11.8 Å². The van der Waals surface area contributed by atoms with Crippen molar-refractivity contribution in [1.82, 2.24) is 30.0 Å². The first-order valence-corrected chi connectivity index (χ1v) is 8.98. The van der Waals surface area contributed by atoms with Gasteiger partial charge in [0.05, 0.1) is 0 Å². The van der Waals surface area contributed by atoms with Gasteiger partial charge in [-0.25, -0.2) is 4.68 Å². The van der Waals surface area contributed by atoms with E-state index >= 15 is 0 Å². The highest BCUT2D eigenvalue weighted by molar-refractivity contribution is 5.78. The average Bonchev–Trinajstić information content (AvgIpc) is 3.09. The van der Waals surface area contributed by atoms with Crippen molar-refractivity contribution in [2.75, 3.05) is 19.6 Å². The van der Waals surface area contributed by atoms with E-state index in [9.17, 15) is 9.59 Å². The molecule has 8 nitrogen and oxygen atoms in total. The molecule has 3 aliphatic heterocycles. The molecule has 3 saturated heterocycles. The Morgan fingerprint density at radius 1 is 1.29 bits per heavy atom. The zero-order valence-electron chi connectivity index (χ0n) is 13.9. The van der Waals surface area contributed by atoms with Crippen molar-refractivity contribution in [3.8, 4) is 0 Å². The number of carbonyl (C=O) groups excluding carboxylic acids is 2. The Labute approximate surface area is 141 Å². The third-order valence-electron chi connectivity index (χ3n) is 5.70. The number of tetrazole rings is 1. The number of nitrogens with zero attached hydrogens (tertiary/aromatic N) is 6. The maximum Gasteiger partial charge on any atom is 0.222 e. The Kier molecular flexibility index (Phi) is 4.20. The van der Waals surface area contributed by atoms with Crippen LogP contribution in [0.1, 0.15) is 38.5 Å². The standard InChI is InChI=1S/C16H24N6O2/c23-15(5-2-6-21-11-17-18-19-21)20-8-12-7-13(10-20)14-3-1-4-16(24)22(14)9-12/h11-14H,1-10H2/t12-,13+,14?/m1/s1. The van der Waals surface area contributed by atoms with Gasteiger partial charge in [-0.2, -0.15) is 0 Å². The van der Waals surface area contributed by atoms with Gasteiger partial charge < -0.3 is 9.80 Å². The van der Waals surface area contributed by atoms with Crippen molar-refractivity contribution in [2.45, 2.75) is 51.1 Å². The van der Waals surface area contributed by atoms with Crippen molar-refractivity contribution < 1.29 is 9.59 Å². The average molecular weight is 332 g/mol. The zero-order valence-corrected chi connectivity index (χ0v) is 13.9. The molecule has 4 heterocycles. The predicted molar refractivity (Wildman–Crippen MR) is 84.6 cm³/mol. The number of piperidine rings is 3. The van der Waals surface area contributed by atoms with Gasteiger partial charge >= 0.3 is 0 Å². The van der Waals surface area contributed by atoms with Gasteiger partial charge in [-0.1, -0.05) is 0 Å². The van der Waals surface area contributed by atoms with Crippen LogP contribution in [0, 0.1) is 11.8 Å². The van der Waals surface area contributed by atoms with Crippen molar-refractivity contribution in [3.05, 3.63) is 6.33 Å². The summed E-state index contributed by atoms with van der Waals surface area (Å²) in [7, 11) is 0. The molecule has 4 rings (SSSR count). The number of carbonyl (C=O) groups is 2. The van der Waals surface area contributed by atoms with Crippen LogP contribution < -0.4 is 0 Å². The van der Waals surface area contributed by atoms with Crippen LogP contribution in [0.2, 0.25) is 0 Å². The van der Waals surface area contributed by atoms with E-state index < -0.39 is 0 Å². The SMILES string of the molecule is O=C(CCCn1cnnn1)N1C[C@H]2C[C@@H](C1)C1CCCC(=O)N1C2. The molecule has 2 amide bonds. The van der Waals surface area contributed by atoms with E-state index in [1.165, 1.54) is 6.42 Å². The van der Waals surface area contributed by atoms with Gasteiger partial charge in [-0.15, -0.1) is 5.10 Å². The molecule has 0 spiro atoms. The first-order valence-electron chi connectivity index (χ1n) is 8.98. The van der Waals surface area contributed by atoms with Gasteiger partial charge in [-0.3, -0.25) is 9.59 Å². The first-order chi connectivity index (χ1) is 11.7. The monoisotopic (exact) mass is 332 g/mol. The summed E-state index contributed by atoms with van der Waals surface area (Å²) >= 11 is 0. The predicted octanol–water partition coefficient (Wildman–Crippen LogP) is 0.313. The molecule has 130 valence electrons. The lowest BCUT2D eigenvalue weighted by Crippen LogP contribution is -2.61. The molecule has 0 aliphatic carbocycles. The maximum absolute atomic E-state index is 12.6. The van der Waals surface area contributed by atoms with Gasteiger partial charge in [0, 0.05) is 45.1 Å². The van der Waals surface area contributed by atoms with Crippen LogP contribution >= 0.6 is 0 Å². The normalized spacial score (nSPS) is 29.5. The topological polar surface area (TPSA) is 84.2 Å². The highest BCUT2D eigenvalue weighted by Gasteiger charge is 2.44. The van der Waals surface area contributed by atoms with Crippen molar-refractivity contribution in [3.63, 3.8) is 0 Å².